The van der Waals surface area contributed by atoms with Gasteiger partial charge in [-0.05, 0) is 101 Å². The first-order valence-electron chi connectivity index (χ1n) is 34.4. The van der Waals surface area contributed by atoms with Crippen LogP contribution in [0, 0.1) is 41.4 Å². The predicted molar refractivity (Wildman–Crippen MR) is 363 cm³/mol. The summed E-state index contributed by atoms with van der Waals surface area (Å²) in [6, 6.07) is -14.8. The summed E-state index contributed by atoms with van der Waals surface area (Å²) in [7, 11) is 9.60. The van der Waals surface area contributed by atoms with E-state index in [1.165, 1.54) is 89.7 Å². The summed E-state index contributed by atoms with van der Waals surface area (Å²) in [5, 5.41) is 30.4. The Labute approximate surface area is 578 Å². The second kappa shape index (κ2) is 36.7. The number of hydrogen-bond donors (Lipinski definition) is 5. The molecule has 14 atom stereocenters. The van der Waals surface area contributed by atoms with Crippen molar-refractivity contribution in [3.8, 4) is 0 Å². The highest BCUT2D eigenvalue weighted by Crippen LogP contribution is 2.31. The van der Waals surface area contributed by atoms with E-state index in [1.807, 2.05) is 41.5 Å². The van der Waals surface area contributed by atoms with Crippen LogP contribution in [0.5, 0.6) is 0 Å². The average Bonchev–Trinajstić information content (AvgIpc) is 1.52. The van der Waals surface area contributed by atoms with Crippen LogP contribution in [0.25, 0.3) is 0 Å². The molecule has 0 spiro atoms. The van der Waals surface area contributed by atoms with Gasteiger partial charge in [0.15, 0.2) is 0 Å². The number of aromatic nitrogens is 3. The number of nitrogens with one attached hydrogen (secondary N) is 4. The highest BCUT2D eigenvalue weighted by atomic mass is 19.4. The van der Waals surface area contributed by atoms with Crippen LogP contribution in [-0.2, 0) is 72.0 Å². The maximum Gasteiger partial charge on any atom is 0.451 e. The third kappa shape index (κ3) is 21.4. The standard InChI is InChI=1S/C68H116F3N15O12/c1-25-27-28-41(13)55(87)54-59(91)74-46(26-2)62(94)78(18)45(17)61(93)83(23)53(42(14)34-85-29-30-86-50(35-85)76-77-67(86)68(69,70)71)58(90)75-51(39(9)10)65(97)79(19)47(31-36(3)4)57(89)72-43(15)56(88)73-44(16)60(92)80(20)48(32-37(5)6)63(95)81(21)49(33-38(7)8)64(96)82(22)52(40(11)12)66(98)84(54)24/h25,27,36-49,51-55,87H,26,28-35H2,1-24H3,(H,72,89)(H,73,88)(H,74,91)(H,75,90)/b27-25+/t41-,42-,43+,44-,45-,46+,47+,48+,49+,51+,52+,53+,54+,55-/m1/s1. The third-order valence-electron chi connectivity index (χ3n) is 19.0. The Hall–Kier alpha value is -7.24. The molecule has 0 saturated carbocycles. The van der Waals surface area contributed by atoms with Crippen molar-refractivity contribution >= 4 is 65.0 Å². The molecule has 27 nitrogen and oxygen atoms in total. The zero-order chi connectivity index (χ0) is 75.2. The van der Waals surface area contributed by atoms with Crippen molar-refractivity contribution in [1.82, 2.24) is 75.2 Å². The molecule has 1 aromatic rings. The van der Waals surface area contributed by atoms with Crippen LogP contribution < -0.4 is 21.3 Å². The van der Waals surface area contributed by atoms with E-state index in [0.29, 0.717) is 0 Å². The van der Waals surface area contributed by atoms with Crippen LogP contribution in [0.4, 0.5) is 13.2 Å². The van der Waals surface area contributed by atoms with Crippen molar-refractivity contribution in [1.29, 1.82) is 0 Å². The van der Waals surface area contributed by atoms with Crippen LogP contribution >= 0.6 is 0 Å². The van der Waals surface area contributed by atoms with Crippen LogP contribution in [0.15, 0.2) is 12.2 Å². The second-order valence-corrected chi connectivity index (χ2v) is 29.1. The smallest absolute Gasteiger partial charge is 0.390 e. The number of nitrogens with zero attached hydrogens (tertiary/aromatic N) is 11. The summed E-state index contributed by atoms with van der Waals surface area (Å²) in [5.74, 6) is -12.9. The Balaban J connectivity index is 2.37. The van der Waals surface area contributed by atoms with Gasteiger partial charge in [0, 0.05) is 69.0 Å². The topological polar surface area (TPSA) is 313 Å². The zero-order valence-electron chi connectivity index (χ0n) is 62.5. The van der Waals surface area contributed by atoms with E-state index in [4.69, 9.17) is 0 Å². The minimum Gasteiger partial charge on any atom is -0.390 e. The largest absolute Gasteiger partial charge is 0.451 e. The van der Waals surface area contributed by atoms with E-state index < -0.39 is 173 Å². The van der Waals surface area contributed by atoms with Gasteiger partial charge in [0.2, 0.25) is 70.8 Å². The van der Waals surface area contributed by atoms with Crippen molar-refractivity contribution in [2.75, 3.05) is 62.4 Å². The van der Waals surface area contributed by atoms with Crippen molar-refractivity contribution in [2.45, 2.75) is 242 Å². The molecular weight excluding hydrogens is 1280 g/mol. The summed E-state index contributed by atoms with van der Waals surface area (Å²) in [6.07, 6.45) is -2.33. The van der Waals surface area contributed by atoms with Gasteiger partial charge in [0.1, 0.15) is 72.3 Å². The zero-order valence-corrected chi connectivity index (χ0v) is 62.5. The lowest BCUT2D eigenvalue weighted by Crippen LogP contribution is -2.64. The van der Waals surface area contributed by atoms with Crippen molar-refractivity contribution in [2.24, 2.45) is 41.4 Å². The maximum absolute atomic E-state index is 15.3. The first kappa shape index (κ1) is 85.0. The average molecular weight is 1390 g/mol. The van der Waals surface area contributed by atoms with Gasteiger partial charge in [0.05, 0.1) is 12.6 Å². The Morgan fingerprint density at radius 2 is 1.00 bits per heavy atom. The molecule has 1 fully saturated rings. The number of carbonyl (C=O) groups is 11. The van der Waals surface area contributed by atoms with E-state index >= 15 is 28.8 Å². The van der Waals surface area contributed by atoms with Crippen LogP contribution in [0.1, 0.15) is 161 Å². The molecule has 11 amide bonds. The molecule has 556 valence electrons. The molecular formula is C68H116F3N15O12. The first-order valence-corrected chi connectivity index (χ1v) is 34.4. The lowest BCUT2D eigenvalue weighted by Gasteiger charge is -2.41. The number of likely N-dealkylation sites (N-methyl/N-ethyl adjacent to an activating group) is 7. The summed E-state index contributed by atoms with van der Waals surface area (Å²) >= 11 is 0. The SMILES string of the molecule is C/C=C/C[C@@H](C)[C@@H](O)[C@H]1C(=O)N[C@@H](CC)C(=O)N(C)[C@H](C)C(=O)N(C)[C@@H]([C@H](C)CN2CCn3c(nnc3C(F)(F)F)C2)C(=O)N[C@@H](C(C)C)C(=O)N(C)[C@@H](CC(C)C)C(=O)N[C@@H](C)C(=O)N[C@H](C)C(=O)N(C)[C@@H](CC(C)C)C(=O)N(C)[C@@H](CC(C)C)C(=O)N(C)[C@@H](C(C)C)C(=O)N1C. The van der Waals surface area contributed by atoms with Gasteiger partial charge in [-0.1, -0.05) is 102 Å². The molecule has 3 rings (SSSR count). The number of aliphatic hydroxyl groups excluding tert-OH is 1. The monoisotopic (exact) mass is 1390 g/mol. The number of amides is 11. The number of rotatable bonds is 16. The molecule has 30 heteroatoms. The highest BCUT2D eigenvalue weighted by molar-refractivity contribution is 6.00. The van der Waals surface area contributed by atoms with Gasteiger partial charge in [-0.15, -0.1) is 10.2 Å². The lowest BCUT2D eigenvalue weighted by molar-refractivity contribution is -0.157. The van der Waals surface area contributed by atoms with Gasteiger partial charge >= 0.3 is 6.18 Å². The number of hydrogen-bond acceptors (Lipinski definition) is 15. The number of allylic oxidation sites excluding steroid dienone is 2. The molecule has 0 aromatic carbocycles. The van der Waals surface area contributed by atoms with Crippen LogP contribution in [-0.4, -0.2) is 259 Å². The van der Waals surface area contributed by atoms with E-state index in [2.05, 4.69) is 31.5 Å². The van der Waals surface area contributed by atoms with Gasteiger partial charge in [-0.3, -0.25) is 57.6 Å². The quantitative estimate of drug-likeness (QED) is 0.148. The van der Waals surface area contributed by atoms with E-state index in [0.717, 1.165) is 19.3 Å². The number of alkyl halides is 3. The Bertz CT molecular complexity index is 2980. The summed E-state index contributed by atoms with van der Waals surface area (Å²) in [6.45, 7) is 28.4. The van der Waals surface area contributed by atoms with Crippen molar-refractivity contribution in [3.63, 3.8) is 0 Å². The van der Waals surface area contributed by atoms with Crippen molar-refractivity contribution < 1.29 is 71.0 Å². The predicted octanol–water partition coefficient (Wildman–Crippen LogP) is 3.37. The van der Waals surface area contributed by atoms with E-state index in [9.17, 15) is 42.3 Å². The third-order valence-corrected chi connectivity index (χ3v) is 19.0. The Kier molecular flexibility index (Phi) is 31.8. The number of halogens is 3. The molecule has 1 aromatic heterocycles. The molecule has 1 saturated heterocycles. The fourth-order valence-corrected chi connectivity index (χ4v) is 12.9. The number of carbonyl (C=O) groups excluding carboxylic acids is 11. The van der Waals surface area contributed by atoms with E-state index in [-0.39, 0.29) is 81.9 Å². The maximum atomic E-state index is 15.3. The van der Waals surface area contributed by atoms with Crippen LogP contribution in [0.2, 0.25) is 0 Å². The molecule has 5 N–H and O–H groups in total. The Morgan fingerprint density at radius 3 is 1.50 bits per heavy atom. The van der Waals surface area contributed by atoms with Gasteiger partial charge in [-0.25, -0.2) is 0 Å². The van der Waals surface area contributed by atoms with Gasteiger partial charge in [0.25, 0.3) is 0 Å². The van der Waals surface area contributed by atoms with Gasteiger partial charge < -0.3 is 65.2 Å². The van der Waals surface area contributed by atoms with E-state index in [1.54, 1.807) is 72.4 Å². The fourth-order valence-electron chi connectivity index (χ4n) is 12.9. The fraction of sp³-hybridized carbons (Fsp3) is 0.779. The Morgan fingerprint density at radius 1 is 0.520 bits per heavy atom. The molecule has 3 heterocycles. The first-order chi connectivity index (χ1) is 45.3. The summed E-state index contributed by atoms with van der Waals surface area (Å²) < 4.78 is 42.8. The van der Waals surface area contributed by atoms with Crippen molar-refractivity contribution in [3.05, 3.63) is 23.8 Å². The minimum absolute atomic E-state index is 0.0122. The summed E-state index contributed by atoms with van der Waals surface area (Å²) in [5.41, 5.74) is 0. The molecule has 0 aliphatic carbocycles. The molecule has 0 bridgehead atoms. The molecule has 0 radical (unpaired) electrons. The minimum atomic E-state index is -4.78. The van der Waals surface area contributed by atoms with Gasteiger partial charge in [-0.2, -0.15) is 13.2 Å². The molecule has 2 aliphatic heterocycles. The second-order valence-electron chi connectivity index (χ2n) is 29.1. The lowest BCUT2D eigenvalue weighted by atomic mass is 9.91. The number of fused-ring (bicyclic) bond motifs is 1. The normalized spacial score (nSPS) is 27.1. The van der Waals surface area contributed by atoms with Crippen LogP contribution in [0.3, 0.4) is 0 Å². The molecule has 0 unspecified atom stereocenters. The molecule has 2 aliphatic rings. The summed E-state index contributed by atoms with van der Waals surface area (Å²) in [4.78, 5) is 174. The molecule has 98 heavy (non-hydrogen) atoms. The highest BCUT2D eigenvalue weighted by Gasteiger charge is 2.47. The number of aliphatic hydroxyl groups is 1.